The van der Waals surface area contributed by atoms with Crippen molar-refractivity contribution in [3.05, 3.63) is 71.9 Å². The van der Waals surface area contributed by atoms with Gasteiger partial charge in [0.15, 0.2) is 5.82 Å². The highest BCUT2D eigenvalue weighted by Gasteiger charge is 2.18. The number of rotatable bonds is 7. The largest absolute Gasteiger partial charge is 0.348 e. The Morgan fingerprint density at radius 2 is 2.04 bits per heavy atom. The van der Waals surface area contributed by atoms with Crippen LogP contribution in [-0.4, -0.2) is 35.6 Å². The van der Waals surface area contributed by atoms with E-state index in [1.54, 1.807) is 48.4 Å². The lowest BCUT2D eigenvalue weighted by Gasteiger charge is -2.10. The van der Waals surface area contributed by atoms with E-state index < -0.39 is 21.7 Å². The minimum absolute atomic E-state index is 0.110. The van der Waals surface area contributed by atoms with Crippen LogP contribution in [0.25, 0.3) is 5.82 Å². The van der Waals surface area contributed by atoms with Crippen LogP contribution in [0.5, 0.6) is 0 Å². The van der Waals surface area contributed by atoms with Crippen molar-refractivity contribution in [1.82, 2.24) is 24.8 Å². The summed E-state index contributed by atoms with van der Waals surface area (Å²) in [6.07, 6.45) is 4.92. The molecule has 10 heteroatoms. The van der Waals surface area contributed by atoms with Gasteiger partial charge in [-0.25, -0.2) is 27.2 Å². The molecule has 0 spiro atoms. The van der Waals surface area contributed by atoms with Crippen LogP contribution in [0.1, 0.15) is 22.8 Å². The van der Waals surface area contributed by atoms with Crippen molar-refractivity contribution >= 4 is 15.9 Å². The standard InChI is InChI=1S/C18H18FN5O3S/c1-2-23-28(26,27)14-4-5-16(19)15(11-14)18(25)21-12-13-6-8-20-17(10-13)24-9-3-7-22-24/h3-11,23H,2,12H2,1H3,(H,21,25). The van der Waals surface area contributed by atoms with Gasteiger partial charge in [-0.2, -0.15) is 5.10 Å². The Morgan fingerprint density at radius 1 is 1.21 bits per heavy atom. The third-order valence-corrected chi connectivity index (χ3v) is 5.37. The number of carbonyl (C=O) groups excluding carboxylic acids is 1. The Labute approximate surface area is 161 Å². The minimum atomic E-state index is -3.80. The average Bonchev–Trinajstić information content (AvgIpc) is 3.21. The summed E-state index contributed by atoms with van der Waals surface area (Å²) in [5.41, 5.74) is 0.381. The smallest absolute Gasteiger partial charge is 0.254 e. The Kier molecular flexibility index (Phi) is 5.81. The second-order valence-corrected chi connectivity index (χ2v) is 7.57. The van der Waals surface area contributed by atoms with Gasteiger partial charge in [-0.1, -0.05) is 6.92 Å². The maximum atomic E-state index is 14.1. The predicted molar refractivity (Wildman–Crippen MR) is 99.8 cm³/mol. The summed E-state index contributed by atoms with van der Waals surface area (Å²) in [7, 11) is -3.80. The first kappa shape index (κ1) is 19.6. The van der Waals surface area contributed by atoms with Crippen molar-refractivity contribution < 1.29 is 17.6 Å². The number of amides is 1. The van der Waals surface area contributed by atoms with Crippen molar-refractivity contribution in [2.24, 2.45) is 0 Å². The van der Waals surface area contributed by atoms with Gasteiger partial charge in [0, 0.05) is 31.7 Å². The molecular weight excluding hydrogens is 385 g/mol. The fraction of sp³-hybridized carbons (Fsp3) is 0.167. The van der Waals surface area contributed by atoms with Gasteiger partial charge in [0.25, 0.3) is 5.91 Å². The van der Waals surface area contributed by atoms with Gasteiger partial charge in [-0.15, -0.1) is 0 Å². The summed E-state index contributed by atoms with van der Waals surface area (Å²) in [5.74, 6) is -0.954. The second kappa shape index (κ2) is 8.28. The number of sulfonamides is 1. The van der Waals surface area contributed by atoms with Crippen LogP contribution in [0, 0.1) is 5.82 Å². The molecule has 0 radical (unpaired) electrons. The molecule has 1 aromatic carbocycles. The molecular formula is C18H18FN5O3S. The molecule has 0 fully saturated rings. The fourth-order valence-electron chi connectivity index (χ4n) is 2.50. The molecule has 0 atom stereocenters. The normalized spacial score (nSPS) is 11.4. The Hall–Kier alpha value is -3.11. The van der Waals surface area contributed by atoms with Gasteiger partial charge in [0.1, 0.15) is 5.82 Å². The van der Waals surface area contributed by atoms with E-state index in [2.05, 4.69) is 20.1 Å². The molecule has 0 aliphatic heterocycles. The Balaban J connectivity index is 1.76. The number of nitrogens with one attached hydrogen (secondary N) is 2. The maximum Gasteiger partial charge on any atom is 0.254 e. The summed E-state index contributed by atoms with van der Waals surface area (Å²) in [6.45, 7) is 1.92. The number of nitrogens with zero attached hydrogens (tertiary/aromatic N) is 3. The zero-order valence-corrected chi connectivity index (χ0v) is 15.8. The molecule has 0 bridgehead atoms. The summed E-state index contributed by atoms with van der Waals surface area (Å²) < 4.78 is 42.1. The van der Waals surface area contributed by atoms with Gasteiger partial charge < -0.3 is 5.32 Å². The van der Waals surface area contributed by atoms with Crippen molar-refractivity contribution in [3.63, 3.8) is 0 Å². The van der Waals surface area contributed by atoms with Crippen LogP contribution >= 0.6 is 0 Å². The predicted octanol–water partition coefficient (Wildman–Crippen LogP) is 1.63. The molecule has 2 aromatic heterocycles. The molecule has 2 N–H and O–H groups in total. The molecule has 0 saturated heterocycles. The van der Waals surface area contributed by atoms with Gasteiger partial charge >= 0.3 is 0 Å². The molecule has 8 nitrogen and oxygen atoms in total. The van der Waals surface area contributed by atoms with Crippen molar-refractivity contribution in [2.45, 2.75) is 18.4 Å². The highest BCUT2D eigenvalue weighted by molar-refractivity contribution is 7.89. The first-order valence-electron chi connectivity index (χ1n) is 8.43. The second-order valence-electron chi connectivity index (χ2n) is 5.80. The van der Waals surface area contributed by atoms with E-state index in [4.69, 9.17) is 0 Å². The SMILES string of the molecule is CCNS(=O)(=O)c1ccc(F)c(C(=O)NCc2ccnc(-n3cccn3)c2)c1. The number of carbonyl (C=O) groups is 1. The quantitative estimate of drug-likeness (QED) is 0.624. The molecule has 3 rings (SSSR count). The molecule has 3 aromatic rings. The highest BCUT2D eigenvalue weighted by atomic mass is 32.2. The van der Waals surface area contributed by atoms with E-state index in [1.807, 2.05) is 0 Å². The topological polar surface area (TPSA) is 106 Å². The van der Waals surface area contributed by atoms with Gasteiger partial charge in [-0.05, 0) is 42.0 Å². The first-order valence-corrected chi connectivity index (χ1v) is 9.91. The van der Waals surface area contributed by atoms with Gasteiger partial charge in [-0.3, -0.25) is 4.79 Å². The average molecular weight is 403 g/mol. The third-order valence-electron chi connectivity index (χ3n) is 3.83. The number of hydrogen-bond donors (Lipinski definition) is 2. The molecule has 0 aliphatic rings. The summed E-state index contributed by atoms with van der Waals surface area (Å²) >= 11 is 0. The van der Waals surface area contributed by atoms with Crippen LogP contribution in [0.2, 0.25) is 0 Å². The van der Waals surface area contributed by atoms with Gasteiger partial charge in [0.2, 0.25) is 10.0 Å². The summed E-state index contributed by atoms with van der Waals surface area (Å²) in [6, 6.07) is 8.29. The lowest BCUT2D eigenvalue weighted by atomic mass is 10.2. The number of hydrogen-bond acceptors (Lipinski definition) is 5. The van der Waals surface area contributed by atoms with E-state index in [-0.39, 0.29) is 23.5 Å². The first-order chi connectivity index (χ1) is 13.4. The maximum absolute atomic E-state index is 14.1. The van der Waals surface area contributed by atoms with Crippen molar-refractivity contribution in [2.75, 3.05) is 6.54 Å². The molecule has 28 heavy (non-hydrogen) atoms. The van der Waals surface area contributed by atoms with Crippen LogP contribution in [0.3, 0.4) is 0 Å². The van der Waals surface area contributed by atoms with Crippen LogP contribution in [-0.2, 0) is 16.6 Å². The summed E-state index contributed by atoms with van der Waals surface area (Å²) in [4.78, 5) is 16.4. The van der Waals surface area contributed by atoms with E-state index >= 15 is 0 Å². The number of benzene rings is 1. The number of halogens is 1. The molecule has 0 saturated carbocycles. The van der Waals surface area contributed by atoms with Crippen molar-refractivity contribution in [1.29, 1.82) is 0 Å². The van der Waals surface area contributed by atoms with E-state index in [1.165, 1.54) is 0 Å². The van der Waals surface area contributed by atoms with Crippen LogP contribution in [0.4, 0.5) is 4.39 Å². The zero-order valence-electron chi connectivity index (χ0n) is 15.0. The number of pyridine rings is 1. The van der Waals surface area contributed by atoms with Crippen LogP contribution < -0.4 is 10.0 Å². The highest BCUT2D eigenvalue weighted by Crippen LogP contribution is 2.15. The van der Waals surface area contributed by atoms with E-state index in [9.17, 15) is 17.6 Å². The third kappa shape index (κ3) is 4.41. The lowest BCUT2D eigenvalue weighted by molar-refractivity contribution is 0.0946. The van der Waals surface area contributed by atoms with E-state index in [0.717, 1.165) is 23.8 Å². The molecule has 1 amide bonds. The molecule has 0 unspecified atom stereocenters. The number of aromatic nitrogens is 3. The van der Waals surface area contributed by atoms with E-state index in [0.29, 0.717) is 5.82 Å². The van der Waals surface area contributed by atoms with Crippen LogP contribution in [0.15, 0.2) is 59.9 Å². The summed E-state index contributed by atoms with van der Waals surface area (Å²) in [5, 5.41) is 6.67. The Morgan fingerprint density at radius 3 is 2.75 bits per heavy atom. The lowest BCUT2D eigenvalue weighted by Crippen LogP contribution is -2.26. The molecule has 146 valence electrons. The van der Waals surface area contributed by atoms with Gasteiger partial charge in [0.05, 0.1) is 10.5 Å². The van der Waals surface area contributed by atoms with Crippen molar-refractivity contribution in [3.8, 4) is 5.82 Å². The zero-order chi connectivity index (χ0) is 20.1. The fourth-order valence-corrected chi connectivity index (χ4v) is 3.56. The molecule has 2 heterocycles. The minimum Gasteiger partial charge on any atom is -0.348 e. The Bertz CT molecular complexity index is 1080. The monoisotopic (exact) mass is 403 g/mol. The molecule has 0 aliphatic carbocycles.